The maximum Gasteiger partial charge on any atom is 0.298 e. The maximum absolute atomic E-state index is 13.0. The molecule has 0 spiro atoms. The third kappa shape index (κ3) is 2.52. The molecule has 4 rings (SSSR count). The summed E-state index contributed by atoms with van der Waals surface area (Å²) in [6.45, 7) is 0.167. The van der Waals surface area contributed by atoms with Crippen molar-refractivity contribution >= 4 is 34.7 Å². The SMILES string of the molecule is O=C1S/C(=C\c2ccc3c(c2)OCO3)C(=O)N1c1ccc(F)cc1. The molecule has 0 atom stereocenters. The standard InChI is InChI=1S/C17H10FNO4S/c18-11-2-4-12(5-3-11)19-16(20)15(24-17(19)21)8-10-1-6-13-14(7-10)23-9-22-13/h1-8H,9H2/b15-8-. The lowest BCUT2D eigenvalue weighted by Crippen LogP contribution is -2.27. The Kier molecular flexibility index (Phi) is 3.50. The monoisotopic (exact) mass is 343 g/mol. The van der Waals surface area contributed by atoms with E-state index < -0.39 is 17.0 Å². The average Bonchev–Trinajstić information content (AvgIpc) is 3.13. The zero-order valence-electron chi connectivity index (χ0n) is 12.2. The van der Waals surface area contributed by atoms with Crippen LogP contribution in [0.2, 0.25) is 0 Å². The van der Waals surface area contributed by atoms with Gasteiger partial charge in [0.1, 0.15) is 5.82 Å². The molecule has 2 aromatic carbocycles. The number of rotatable bonds is 2. The lowest BCUT2D eigenvalue weighted by molar-refractivity contribution is -0.113. The Morgan fingerprint density at radius 3 is 2.58 bits per heavy atom. The zero-order valence-corrected chi connectivity index (χ0v) is 13.0. The van der Waals surface area contributed by atoms with Crippen molar-refractivity contribution in [2.24, 2.45) is 0 Å². The van der Waals surface area contributed by atoms with Gasteiger partial charge in [0.05, 0.1) is 10.6 Å². The molecule has 1 fully saturated rings. The van der Waals surface area contributed by atoms with E-state index in [-0.39, 0.29) is 6.79 Å². The van der Waals surface area contributed by atoms with Gasteiger partial charge in [-0.05, 0) is 59.8 Å². The molecule has 0 saturated carbocycles. The fraction of sp³-hybridized carbons (Fsp3) is 0.0588. The maximum atomic E-state index is 13.0. The molecule has 2 amide bonds. The molecule has 2 aliphatic rings. The molecule has 7 heteroatoms. The number of amides is 2. The molecule has 0 unspecified atom stereocenters. The smallest absolute Gasteiger partial charge is 0.298 e. The van der Waals surface area contributed by atoms with Crippen LogP contribution in [0.3, 0.4) is 0 Å². The molecule has 0 N–H and O–H groups in total. The van der Waals surface area contributed by atoms with Gasteiger partial charge in [-0.3, -0.25) is 9.59 Å². The molecule has 2 heterocycles. The summed E-state index contributed by atoms with van der Waals surface area (Å²) < 4.78 is 23.5. The highest BCUT2D eigenvalue weighted by Crippen LogP contribution is 2.37. The van der Waals surface area contributed by atoms with Crippen LogP contribution in [0.4, 0.5) is 14.9 Å². The van der Waals surface area contributed by atoms with Gasteiger partial charge >= 0.3 is 0 Å². The third-order valence-electron chi connectivity index (χ3n) is 3.57. The molecule has 0 aromatic heterocycles. The topological polar surface area (TPSA) is 55.8 Å². The first kappa shape index (κ1) is 14.8. The van der Waals surface area contributed by atoms with Gasteiger partial charge in [0.15, 0.2) is 11.5 Å². The summed E-state index contributed by atoms with van der Waals surface area (Å²) in [5.41, 5.74) is 1.07. The molecular weight excluding hydrogens is 333 g/mol. The Morgan fingerprint density at radius 1 is 1.04 bits per heavy atom. The third-order valence-corrected chi connectivity index (χ3v) is 4.44. The number of hydrogen-bond acceptors (Lipinski definition) is 5. The van der Waals surface area contributed by atoms with Gasteiger partial charge in [-0.2, -0.15) is 0 Å². The van der Waals surface area contributed by atoms with E-state index in [1.807, 2.05) is 0 Å². The molecule has 0 bridgehead atoms. The van der Waals surface area contributed by atoms with Crippen molar-refractivity contribution in [3.8, 4) is 11.5 Å². The predicted molar refractivity (Wildman–Crippen MR) is 87.4 cm³/mol. The Morgan fingerprint density at radius 2 is 1.79 bits per heavy atom. The minimum atomic E-state index is -0.436. The second-order valence-electron chi connectivity index (χ2n) is 5.11. The quantitative estimate of drug-likeness (QED) is 0.777. The molecule has 1 saturated heterocycles. The number of hydrogen-bond donors (Lipinski definition) is 0. The summed E-state index contributed by atoms with van der Waals surface area (Å²) in [5, 5.41) is -0.418. The summed E-state index contributed by atoms with van der Waals surface area (Å²) in [6, 6.07) is 10.5. The number of halogens is 1. The van der Waals surface area contributed by atoms with Crippen LogP contribution < -0.4 is 14.4 Å². The molecular formula is C17H10FNO4S. The molecule has 120 valence electrons. The number of imide groups is 1. The van der Waals surface area contributed by atoms with Crippen molar-refractivity contribution in [3.63, 3.8) is 0 Å². The fourth-order valence-corrected chi connectivity index (χ4v) is 3.28. The van der Waals surface area contributed by atoms with Gasteiger partial charge in [0, 0.05) is 0 Å². The van der Waals surface area contributed by atoms with Crippen LogP contribution in [0, 0.1) is 5.82 Å². The van der Waals surface area contributed by atoms with Crippen LogP contribution in [-0.2, 0) is 4.79 Å². The molecule has 5 nitrogen and oxygen atoms in total. The first-order valence-electron chi connectivity index (χ1n) is 7.05. The molecule has 0 aliphatic carbocycles. The van der Waals surface area contributed by atoms with Gasteiger partial charge in [-0.25, -0.2) is 9.29 Å². The van der Waals surface area contributed by atoms with E-state index in [1.54, 1.807) is 24.3 Å². The van der Waals surface area contributed by atoms with E-state index in [4.69, 9.17) is 9.47 Å². The summed E-state index contributed by atoms with van der Waals surface area (Å²) in [5.74, 6) is 0.379. The normalized spacial score (nSPS) is 17.9. The molecule has 24 heavy (non-hydrogen) atoms. The van der Waals surface area contributed by atoms with E-state index in [0.717, 1.165) is 22.2 Å². The first-order valence-corrected chi connectivity index (χ1v) is 7.87. The number of nitrogens with zero attached hydrogens (tertiary/aromatic N) is 1. The number of fused-ring (bicyclic) bond motifs is 1. The van der Waals surface area contributed by atoms with Gasteiger partial charge in [-0.15, -0.1) is 0 Å². The van der Waals surface area contributed by atoms with E-state index in [2.05, 4.69) is 0 Å². The summed E-state index contributed by atoms with van der Waals surface area (Å²) >= 11 is 0.842. The highest BCUT2D eigenvalue weighted by molar-refractivity contribution is 8.19. The largest absolute Gasteiger partial charge is 0.454 e. The summed E-state index contributed by atoms with van der Waals surface area (Å²) in [6.07, 6.45) is 1.62. The number of carbonyl (C=O) groups is 2. The Bertz CT molecular complexity index is 879. The van der Waals surface area contributed by atoms with Crippen LogP contribution in [0.1, 0.15) is 5.56 Å². The predicted octanol–water partition coefficient (Wildman–Crippen LogP) is 3.80. The van der Waals surface area contributed by atoms with Crippen molar-refractivity contribution in [1.29, 1.82) is 0 Å². The van der Waals surface area contributed by atoms with E-state index in [9.17, 15) is 14.0 Å². The fourth-order valence-electron chi connectivity index (χ4n) is 2.43. The van der Waals surface area contributed by atoms with Gasteiger partial charge in [-0.1, -0.05) is 6.07 Å². The van der Waals surface area contributed by atoms with Gasteiger partial charge in [0.2, 0.25) is 6.79 Å². The number of thioether (sulfide) groups is 1. The van der Waals surface area contributed by atoms with Crippen LogP contribution in [0.25, 0.3) is 6.08 Å². The summed E-state index contributed by atoms with van der Waals surface area (Å²) in [7, 11) is 0. The number of benzene rings is 2. The second kappa shape index (κ2) is 5.68. The lowest BCUT2D eigenvalue weighted by Gasteiger charge is -2.11. The van der Waals surface area contributed by atoms with Crippen LogP contribution >= 0.6 is 11.8 Å². The lowest BCUT2D eigenvalue weighted by atomic mass is 10.2. The van der Waals surface area contributed by atoms with Crippen molar-refractivity contribution < 1.29 is 23.5 Å². The Balaban J connectivity index is 1.64. The molecule has 2 aromatic rings. The Labute approximate surface area is 140 Å². The number of ether oxygens (including phenoxy) is 2. The van der Waals surface area contributed by atoms with Gasteiger partial charge < -0.3 is 9.47 Å². The molecule has 0 radical (unpaired) electrons. The van der Waals surface area contributed by atoms with Crippen molar-refractivity contribution in [1.82, 2.24) is 0 Å². The molecule has 2 aliphatic heterocycles. The van der Waals surface area contributed by atoms with Crippen LogP contribution in [-0.4, -0.2) is 17.9 Å². The van der Waals surface area contributed by atoms with E-state index in [0.29, 0.717) is 22.1 Å². The highest BCUT2D eigenvalue weighted by Gasteiger charge is 2.36. The Hall–Kier alpha value is -2.80. The minimum Gasteiger partial charge on any atom is -0.454 e. The van der Waals surface area contributed by atoms with Crippen LogP contribution in [0.15, 0.2) is 47.4 Å². The van der Waals surface area contributed by atoms with Crippen molar-refractivity contribution in [3.05, 3.63) is 58.8 Å². The van der Waals surface area contributed by atoms with E-state index >= 15 is 0 Å². The van der Waals surface area contributed by atoms with Crippen molar-refractivity contribution in [2.45, 2.75) is 0 Å². The highest BCUT2D eigenvalue weighted by atomic mass is 32.2. The summed E-state index contributed by atoms with van der Waals surface area (Å²) in [4.78, 5) is 26.0. The van der Waals surface area contributed by atoms with E-state index in [1.165, 1.54) is 24.3 Å². The van der Waals surface area contributed by atoms with Gasteiger partial charge in [0.25, 0.3) is 11.1 Å². The average molecular weight is 343 g/mol. The first-order chi connectivity index (χ1) is 11.6. The second-order valence-corrected chi connectivity index (χ2v) is 6.10. The minimum absolute atomic E-state index is 0.167. The van der Waals surface area contributed by atoms with Crippen LogP contribution in [0.5, 0.6) is 11.5 Å². The number of carbonyl (C=O) groups excluding carboxylic acids is 2. The zero-order chi connectivity index (χ0) is 16.7. The number of anilines is 1. The van der Waals surface area contributed by atoms with Crippen molar-refractivity contribution in [2.75, 3.05) is 11.7 Å².